The van der Waals surface area contributed by atoms with Crippen LogP contribution < -0.4 is 4.74 Å². The molecule has 0 spiro atoms. The van der Waals surface area contributed by atoms with Crippen LogP contribution in [0.1, 0.15) is 36.4 Å². The van der Waals surface area contributed by atoms with Crippen LogP contribution in [0.15, 0.2) is 53.5 Å². The summed E-state index contributed by atoms with van der Waals surface area (Å²) >= 11 is 6.69. The molecule has 3 aromatic rings. The maximum atomic E-state index is 13.4. The fourth-order valence-electron chi connectivity index (χ4n) is 3.52. The van der Waals surface area contributed by atoms with Crippen molar-refractivity contribution >= 4 is 17.3 Å². The molecule has 0 aliphatic carbocycles. The Hall–Kier alpha value is -2.59. The molecule has 0 saturated heterocycles. The molecule has 0 amide bonds. The van der Waals surface area contributed by atoms with Crippen LogP contribution in [-0.4, -0.2) is 16.0 Å². The van der Waals surface area contributed by atoms with Gasteiger partial charge in [-0.25, -0.2) is 9.38 Å². The normalized spacial score (nSPS) is 15.1. The van der Waals surface area contributed by atoms with E-state index in [1.807, 2.05) is 26.0 Å². The van der Waals surface area contributed by atoms with Gasteiger partial charge in [-0.15, -0.1) is 0 Å². The van der Waals surface area contributed by atoms with Crippen LogP contribution in [-0.2, 0) is 0 Å². The minimum Gasteiger partial charge on any atom is -0.466 e. The fourth-order valence-corrected chi connectivity index (χ4v) is 3.81. The molecule has 27 heavy (non-hydrogen) atoms. The van der Waals surface area contributed by atoms with Crippen LogP contribution in [0.25, 0.3) is 5.69 Å². The number of hydrogen-bond acceptors (Lipinski definition) is 2. The van der Waals surface area contributed by atoms with Crippen molar-refractivity contribution < 1.29 is 9.13 Å². The van der Waals surface area contributed by atoms with Gasteiger partial charge >= 0.3 is 0 Å². The topological polar surface area (TPSA) is 26.5 Å². The number of benzene rings is 2. The summed E-state index contributed by atoms with van der Waals surface area (Å²) in [5.41, 5.74) is 4.66. The number of ether oxygens (including phenoxy) is 1. The SMILES string of the molecule is Cc1ccc(C)n1-c1cc(Cl)c2c(c1)OC(C)(C)N=C2c1ccc(F)cc1. The van der Waals surface area contributed by atoms with E-state index >= 15 is 0 Å². The Morgan fingerprint density at radius 2 is 1.63 bits per heavy atom. The van der Waals surface area contributed by atoms with Crippen molar-refractivity contribution in [3.63, 3.8) is 0 Å². The van der Waals surface area contributed by atoms with Gasteiger partial charge < -0.3 is 9.30 Å². The highest BCUT2D eigenvalue weighted by molar-refractivity contribution is 6.36. The zero-order valence-electron chi connectivity index (χ0n) is 15.7. The minimum atomic E-state index is -0.751. The summed E-state index contributed by atoms with van der Waals surface area (Å²) in [7, 11) is 0. The summed E-state index contributed by atoms with van der Waals surface area (Å²) in [5.74, 6) is 0.384. The number of nitrogens with zero attached hydrogens (tertiary/aromatic N) is 2. The van der Waals surface area contributed by atoms with Crippen molar-refractivity contribution in [2.45, 2.75) is 33.4 Å². The summed E-state index contributed by atoms with van der Waals surface area (Å²) < 4.78 is 21.6. The molecule has 138 valence electrons. The largest absolute Gasteiger partial charge is 0.466 e. The summed E-state index contributed by atoms with van der Waals surface area (Å²) in [5, 5.41) is 0.550. The van der Waals surface area contributed by atoms with Crippen LogP contribution >= 0.6 is 11.6 Å². The van der Waals surface area contributed by atoms with Gasteiger partial charge in [0.1, 0.15) is 11.6 Å². The number of aryl methyl sites for hydroxylation is 2. The molecular formula is C22H20ClFN2O. The first-order valence-electron chi connectivity index (χ1n) is 8.79. The molecule has 0 fully saturated rings. The van der Waals surface area contributed by atoms with Gasteiger partial charge in [0.25, 0.3) is 0 Å². The van der Waals surface area contributed by atoms with Crippen molar-refractivity contribution in [1.82, 2.24) is 4.57 Å². The molecule has 0 saturated carbocycles. The Morgan fingerprint density at radius 1 is 1.00 bits per heavy atom. The predicted octanol–water partition coefficient (Wildman–Crippen LogP) is 5.85. The van der Waals surface area contributed by atoms with E-state index in [9.17, 15) is 4.39 Å². The predicted molar refractivity (Wildman–Crippen MR) is 107 cm³/mol. The third kappa shape index (κ3) is 3.15. The summed E-state index contributed by atoms with van der Waals surface area (Å²) in [4.78, 5) is 4.72. The molecule has 1 aliphatic heterocycles. The zero-order valence-corrected chi connectivity index (χ0v) is 16.4. The first kappa shape index (κ1) is 17.8. The average Bonchev–Trinajstić information content (AvgIpc) is 2.92. The quantitative estimate of drug-likeness (QED) is 0.545. The van der Waals surface area contributed by atoms with Gasteiger partial charge in [0.2, 0.25) is 0 Å². The van der Waals surface area contributed by atoms with Gasteiger partial charge in [-0.05, 0) is 70.2 Å². The van der Waals surface area contributed by atoms with Crippen LogP contribution in [0.4, 0.5) is 4.39 Å². The summed E-state index contributed by atoms with van der Waals surface area (Å²) in [6.07, 6.45) is 0. The number of halogens is 2. The van der Waals surface area contributed by atoms with E-state index < -0.39 is 5.72 Å². The lowest BCUT2D eigenvalue weighted by Crippen LogP contribution is -2.32. The van der Waals surface area contributed by atoms with E-state index in [4.69, 9.17) is 21.3 Å². The van der Waals surface area contributed by atoms with Gasteiger partial charge in [0.05, 0.1) is 22.0 Å². The third-order valence-corrected chi connectivity index (χ3v) is 4.96. The molecular weight excluding hydrogens is 363 g/mol. The van der Waals surface area contributed by atoms with Crippen LogP contribution in [0.5, 0.6) is 5.75 Å². The standard InChI is InChI=1S/C22H20ClFN2O/c1-13-5-6-14(2)26(13)17-11-18(23)20-19(12-17)27-22(3,4)25-21(20)15-7-9-16(24)10-8-15/h5-12H,1-4H3. The molecule has 2 aromatic carbocycles. The summed E-state index contributed by atoms with van der Waals surface area (Å²) in [6, 6.07) is 14.3. The van der Waals surface area contributed by atoms with Crippen LogP contribution in [0.2, 0.25) is 5.02 Å². The van der Waals surface area contributed by atoms with Gasteiger partial charge in [-0.3, -0.25) is 0 Å². The monoisotopic (exact) mass is 382 g/mol. The highest BCUT2D eigenvalue weighted by Gasteiger charge is 2.31. The molecule has 1 aromatic heterocycles. The second-order valence-electron chi connectivity index (χ2n) is 7.27. The van der Waals surface area contributed by atoms with Crippen molar-refractivity contribution in [2.24, 2.45) is 4.99 Å². The van der Waals surface area contributed by atoms with Crippen molar-refractivity contribution in [1.29, 1.82) is 0 Å². The molecule has 0 radical (unpaired) electrons. The Balaban J connectivity index is 1.92. The third-order valence-electron chi connectivity index (χ3n) is 4.66. The maximum absolute atomic E-state index is 13.4. The van der Waals surface area contributed by atoms with Gasteiger partial charge in [0, 0.05) is 23.0 Å². The van der Waals surface area contributed by atoms with E-state index in [0.29, 0.717) is 16.5 Å². The Morgan fingerprint density at radius 3 is 2.26 bits per heavy atom. The van der Waals surface area contributed by atoms with E-state index in [-0.39, 0.29) is 5.82 Å². The number of hydrogen-bond donors (Lipinski definition) is 0. The molecule has 0 N–H and O–H groups in total. The molecule has 0 bridgehead atoms. The van der Waals surface area contributed by atoms with Crippen molar-refractivity contribution in [2.75, 3.05) is 0 Å². The molecule has 1 aliphatic rings. The van der Waals surface area contributed by atoms with Gasteiger partial charge in [0.15, 0.2) is 5.72 Å². The highest BCUT2D eigenvalue weighted by Crippen LogP contribution is 2.39. The average molecular weight is 383 g/mol. The molecule has 4 rings (SSSR count). The second-order valence-corrected chi connectivity index (χ2v) is 7.68. The number of rotatable bonds is 2. The van der Waals surface area contributed by atoms with Crippen molar-refractivity contribution in [3.05, 3.63) is 81.9 Å². The molecule has 0 atom stereocenters. The lowest BCUT2D eigenvalue weighted by Gasteiger charge is -2.31. The number of aromatic nitrogens is 1. The molecule has 2 heterocycles. The maximum Gasteiger partial charge on any atom is 0.195 e. The second kappa shape index (κ2) is 6.24. The fraction of sp³-hybridized carbons (Fsp3) is 0.227. The zero-order chi connectivity index (χ0) is 19.3. The van der Waals surface area contributed by atoms with Crippen molar-refractivity contribution in [3.8, 4) is 11.4 Å². The number of aliphatic imine (C=N–C) groups is 1. The smallest absolute Gasteiger partial charge is 0.195 e. The Kier molecular flexibility index (Phi) is 4.11. The molecule has 3 nitrogen and oxygen atoms in total. The molecule has 0 unspecified atom stereocenters. The first-order chi connectivity index (χ1) is 12.7. The number of fused-ring (bicyclic) bond motifs is 1. The van der Waals surface area contributed by atoms with Crippen LogP contribution in [0, 0.1) is 19.7 Å². The van der Waals surface area contributed by atoms with E-state index in [1.165, 1.54) is 12.1 Å². The first-order valence-corrected chi connectivity index (χ1v) is 9.17. The molecule has 5 heteroatoms. The van der Waals surface area contributed by atoms with E-state index in [0.717, 1.165) is 28.2 Å². The summed E-state index contributed by atoms with van der Waals surface area (Å²) in [6.45, 7) is 7.89. The van der Waals surface area contributed by atoms with Crippen LogP contribution in [0.3, 0.4) is 0 Å². The van der Waals surface area contributed by atoms with E-state index in [1.54, 1.807) is 12.1 Å². The Bertz CT molecular complexity index is 1050. The Labute approximate surface area is 163 Å². The minimum absolute atomic E-state index is 0.286. The lowest BCUT2D eigenvalue weighted by atomic mass is 9.98. The van der Waals surface area contributed by atoms with Gasteiger partial charge in [-0.2, -0.15) is 0 Å². The highest BCUT2D eigenvalue weighted by atomic mass is 35.5. The van der Waals surface area contributed by atoms with E-state index in [2.05, 4.69) is 30.5 Å². The van der Waals surface area contributed by atoms with Gasteiger partial charge in [-0.1, -0.05) is 11.6 Å². The lowest BCUT2D eigenvalue weighted by molar-refractivity contribution is 0.115.